The zero-order chi connectivity index (χ0) is 44.0. The van der Waals surface area contributed by atoms with Crippen LogP contribution in [0.5, 0.6) is 0 Å². The Morgan fingerprint density at radius 2 is 1.41 bits per heavy atom. The SMILES string of the molecule is CNCC[C@H](NC(=O)OC)C(=O)N1CC2(CC2)C[C@H]1c1ncc(-c2ccc3cc(-c4ccc(-c5cnc([C@@H]6[C@H]7CC[C@H](C7)N6C(=O)[C@@H](NC(=O)OC)C(C)C)[nH]5)cc4)ccc3c2)[nH]1. The van der Waals surface area contributed by atoms with Crippen LogP contribution in [0, 0.1) is 17.3 Å². The highest BCUT2D eigenvalue weighted by Gasteiger charge is 2.55. The molecule has 2 saturated heterocycles. The summed E-state index contributed by atoms with van der Waals surface area (Å²) in [5.41, 5.74) is 6.07. The molecule has 2 saturated carbocycles. The summed E-state index contributed by atoms with van der Waals surface area (Å²) in [4.78, 5) is 72.8. The predicted octanol–water partition coefficient (Wildman–Crippen LogP) is 7.11. The molecule has 330 valence electrons. The molecule has 2 aliphatic heterocycles. The van der Waals surface area contributed by atoms with Crippen molar-refractivity contribution in [3.8, 4) is 33.6 Å². The van der Waals surface area contributed by atoms with Crippen LogP contribution in [0.25, 0.3) is 44.4 Å². The van der Waals surface area contributed by atoms with E-state index < -0.39 is 24.3 Å². The van der Waals surface area contributed by atoms with E-state index >= 15 is 0 Å². The molecule has 4 amide bonds. The van der Waals surface area contributed by atoms with Gasteiger partial charge in [-0.2, -0.15) is 0 Å². The van der Waals surface area contributed by atoms with Crippen LogP contribution in [0.3, 0.4) is 0 Å². The number of rotatable bonds is 13. The van der Waals surface area contributed by atoms with Crippen molar-refractivity contribution in [2.75, 3.05) is 34.4 Å². The van der Waals surface area contributed by atoms with Crippen LogP contribution in [0.1, 0.15) is 82.5 Å². The van der Waals surface area contributed by atoms with Gasteiger partial charge in [0.15, 0.2) is 0 Å². The maximum Gasteiger partial charge on any atom is 0.407 e. The molecule has 0 unspecified atom stereocenters. The Labute approximate surface area is 367 Å². The zero-order valence-corrected chi connectivity index (χ0v) is 36.6. The maximum absolute atomic E-state index is 14.0. The number of likely N-dealkylation sites (tertiary alicyclic amines) is 2. The molecule has 2 bridgehead atoms. The van der Waals surface area contributed by atoms with Crippen LogP contribution >= 0.6 is 0 Å². The van der Waals surface area contributed by atoms with E-state index in [4.69, 9.17) is 19.4 Å². The van der Waals surface area contributed by atoms with E-state index in [2.05, 4.69) is 86.6 Å². The van der Waals surface area contributed by atoms with E-state index in [1.54, 1.807) is 0 Å². The Kier molecular flexibility index (Phi) is 11.5. The van der Waals surface area contributed by atoms with Gasteiger partial charge in [-0.25, -0.2) is 19.6 Å². The van der Waals surface area contributed by atoms with Gasteiger partial charge >= 0.3 is 12.2 Å². The number of piperidine rings is 1. The molecular weight excluding hydrogens is 799 g/mol. The number of aromatic amines is 2. The van der Waals surface area contributed by atoms with Crippen molar-refractivity contribution < 1.29 is 28.7 Å². The molecule has 6 atom stereocenters. The molecular formula is C48H57N9O6. The van der Waals surface area contributed by atoms with Gasteiger partial charge in [0.2, 0.25) is 11.8 Å². The zero-order valence-electron chi connectivity index (χ0n) is 36.6. The number of benzene rings is 3. The van der Waals surface area contributed by atoms with Crippen molar-refractivity contribution in [3.05, 3.63) is 84.7 Å². The highest BCUT2D eigenvalue weighted by atomic mass is 16.5. The second-order valence-electron chi connectivity index (χ2n) is 18.3. The third-order valence-corrected chi connectivity index (χ3v) is 13.9. The van der Waals surface area contributed by atoms with E-state index in [-0.39, 0.29) is 41.3 Å². The van der Waals surface area contributed by atoms with E-state index in [0.717, 1.165) is 94.6 Å². The first-order chi connectivity index (χ1) is 30.5. The number of hydrogen-bond donors (Lipinski definition) is 5. The number of ether oxygens (including phenoxy) is 2. The molecule has 1 spiro atoms. The third-order valence-electron chi connectivity index (χ3n) is 13.9. The first-order valence-electron chi connectivity index (χ1n) is 22.2. The molecule has 5 N–H and O–H groups in total. The Balaban J connectivity index is 0.889. The third kappa shape index (κ3) is 8.26. The van der Waals surface area contributed by atoms with Crippen LogP contribution in [0.2, 0.25) is 0 Å². The Morgan fingerprint density at radius 1 is 0.794 bits per heavy atom. The van der Waals surface area contributed by atoms with Crippen molar-refractivity contribution in [2.24, 2.45) is 17.3 Å². The van der Waals surface area contributed by atoms with Crippen molar-refractivity contribution in [2.45, 2.75) is 89.0 Å². The Morgan fingerprint density at radius 3 is 2.10 bits per heavy atom. The summed E-state index contributed by atoms with van der Waals surface area (Å²) in [6.07, 6.45) is 8.85. The van der Waals surface area contributed by atoms with Crippen molar-refractivity contribution in [3.63, 3.8) is 0 Å². The Bertz CT molecular complexity index is 2510. The number of carbonyl (C=O) groups excluding carboxylic acids is 4. The quantitative estimate of drug-likeness (QED) is 0.0823. The van der Waals surface area contributed by atoms with E-state index in [9.17, 15) is 19.2 Å². The van der Waals surface area contributed by atoms with Crippen LogP contribution in [0.15, 0.2) is 73.1 Å². The van der Waals surface area contributed by atoms with Crippen LogP contribution in [0.4, 0.5) is 9.59 Å². The highest BCUT2D eigenvalue weighted by Crippen LogP contribution is 2.58. The molecule has 5 aromatic rings. The second kappa shape index (κ2) is 17.2. The fourth-order valence-electron chi connectivity index (χ4n) is 10.3. The summed E-state index contributed by atoms with van der Waals surface area (Å²) in [6.45, 7) is 5.09. The number of carbonyl (C=O) groups is 4. The Hall–Kier alpha value is -6.22. The van der Waals surface area contributed by atoms with E-state index in [1.807, 2.05) is 43.1 Å². The average Bonchev–Trinajstić information content (AvgIpc) is 3.94. The summed E-state index contributed by atoms with van der Waals surface area (Å²) in [7, 11) is 4.44. The number of alkyl carbamates (subject to hydrolysis) is 2. The molecule has 2 aromatic heterocycles. The first-order valence-corrected chi connectivity index (χ1v) is 22.2. The minimum atomic E-state index is -0.699. The number of nitrogens with one attached hydrogen (secondary N) is 5. The summed E-state index contributed by atoms with van der Waals surface area (Å²) < 4.78 is 9.67. The van der Waals surface area contributed by atoms with Crippen LogP contribution in [-0.2, 0) is 19.1 Å². The van der Waals surface area contributed by atoms with Gasteiger partial charge < -0.3 is 45.2 Å². The van der Waals surface area contributed by atoms with E-state index in [0.29, 0.717) is 25.4 Å². The smallest absolute Gasteiger partial charge is 0.407 e. The molecule has 4 aliphatic rings. The fraction of sp³-hybridized carbons (Fsp3) is 0.458. The monoisotopic (exact) mass is 855 g/mol. The summed E-state index contributed by atoms with van der Waals surface area (Å²) in [6, 6.07) is 19.6. The lowest BCUT2D eigenvalue weighted by atomic mass is 9.95. The summed E-state index contributed by atoms with van der Waals surface area (Å²) >= 11 is 0. The molecule has 4 fully saturated rings. The van der Waals surface area contributed by atoms with Crippen molar-refractivity contribution in [1.82, 2.24) is 45.7 Å². The first kappa shape index (κ1) is 42.1. The lowest BCUT2D eigenvalue weighted by Gasteiger charge is -2.37. The normalized spacial score (nSPS) is 21.8. The maximum atomic E-state index is 14.0. The lowest BCUT2D eigenvalue weighted by Crippen LogP contribution is -2.54. The van der Waals surface area contributed by atoms with Gasteiger partial charge in [0.1, 0.15) is 23.7 Å². The molecule has 4 heterocycles. The van der Waals surface area contributed by atoms with Gasteiger partial charge in [-0.15, -0.1) is 0 Å². The number of amides is 4. The number of hydrogen-bond acceptors (Lipinski definition) is 9. The second-order valence-corrected chi connectivity index (χ2v) is 18.3. The lowest BCUT2D eigenvalue weighted by molar-refractivity contribution is -0.139. The molecule has 3 aromatic carbocycles. The van der Waals surface area contributed by atoms with Gasteiger partial charge in [0.05, 0.1) is 50.1 Å². The van der Waals surface area contributed by atoms with Gasteiger partial charge in [0.25, 0.3) is 0 Å². The van der Waals surface area contributed by atoms with Gasteiger partial charge in [-0.3, -0.25) is 9.59 Å². The van der Waals surface area contributed by atoms with Gasteiger partial charge in [-0.1, -0.05) is 62.4 Å². The number of fused-ring (bicyclic) bond motifs is 3. The molecule has 15 heteroatoms. The molecule has 63 heavy (non-hydrogen) atoms. The summed E-state index contributed by atoms with van der Waals surface area (Å²) in [5, 5.41) is 10.8. The predicted molar refractivity (Wildman–Crippen MR) is 238 cm³/mol. The minimum Gasteiger partial charge on any atom is -0.453 e. The number of nitrogens with zero attached hydrogens (tertiary/aromatic N) is 4. The summed E-state index contributed by atoms with van der Waals surface area (Å²) in [5.74, 6) is 1.53. The largest absolute Gasteiger partial charge is 0.453 e. The topological polar surface area (TPSA) is 187 Å². The highest BCUT2D eigenvalue weighted by molar-refractivity contribution is 5.91. The molecule has 2 aliphatic carbocycles. The number of imidazole rings is 2. The van der Waals surface area contributed by atoms with Gasteiger partial charge in [-0.05, 0) is 115 Å². The molecule has 0 radical (unpaired) electrons. The standard InChI is InChI=1S/C48H57N9O6/c1-27(2)40(55-47(61)63-5)45(59)57-35-15-14-34(22-35)41(57)43-51-24-37(53-43)29-8-6-28(7-9-29)30-10-11-32-21-33(13-12-31(32)20-30)38-25-50-42(52-38)39-23-48(17-18-48)26-56(39)44(58)36(16-19-49-3)54-46(60)62-4/h6-13,20-21,24-25,27,34-36,39-41,49H,14-19,22-23,26H2,1-5H3,(H,50,52)(H,51,53)(H,54,60)(H,55,61)/t34-,35+,36-,39-,40-,41-/m0/s1. The van der Waals surface area contributed by atoms with Crippen molar-refractivity contribution >= 4 is 34.8 Å². The average molecular weight is 856 g/mol. The van der Waals surface area contributed by atoms with Crippen molar-refractivity contribution in [1.29, 1.82) is 0 Å². The number of H-pyrrole nitrogens is 2. The minimum absolute atomic E-state index is 0.0913. The molecule has 9 rings (SSSR count). The van der Waals surface area contributed by atoms with Crippen LogP contribution < -0.4 is 16.0 Å². The number of methoxy groups -OCH3 is 2. The van der Waals surface area contributed by atoms with Gasteiger partial charge in [0, 0.05) is 18.2 Å². The van der Waals surface area contributed by atoms with Crippen LogP contribution in [-0.4, -0.2) is 106 Å². The fourth-order valence-corrected chi connectivity index (χ4v) is 10.3. The van der Waals surface area contributed by atoms with E-state index in [1.165, 1.54) is 14.2 Å². The molecule has 15 nitrogen and oxygen atoms in total. The number of aromatic nitrogens is 4.